The number of rotatable bonds is 2. The van der Waals surface area contributed by atoms with Crippen molar-refractivity contribution in [2.24, 2.45) is 0 Å². The Kier molecular flexibility index (Phi) is 4.61. The van der Waals surface area contributed by atoms with Gasteiger partial charge in [0.2, 0.25) is 0 Å². The molecule has 0 aromatic heterocycles. The van der Waals surface area contributed by atoms with Crippen LogP contribution in [0.3, 0.4) is 0 Å². The normalized spacial score (nSPS) is 25.6. The number of likely N-dealkylation sites (N-methyl/N-ethyl adjacent to an activating group) is 2. The van der Waals surface area contributed by atoms with E-state index in [1.807, 2.05) is 0 Å². The molecule has 0 spiro atoms. The Balaban J connectivity index is 0.000001000. The number of hydrogen-bond donors (Lipinski definition) is 0. The minimum absolute atomic E-state index is 0. The molecular formula is C8H19FN2. The molecule has 0 saturated carbocycles. The van der Waals surface area contributed by atoms with Gasteiger partial charge < -0.3 is 9.80 Å². The second-order valence-corrected chi connectivity index (χ2v) is 3.30. The lowest BCUT2D eigenvalue weighted by molar-refractivity contribution is 0.275. The van der Waals surface area contributed by atoms with Crippen LogP contribution in [0, 0.1) is 0 Å². The fourth-order valence-electron chi connectivity index (χ4n) is 1.52. The third-order valence-electron chi connectivity index (χ3n) is 2.43. The number of likely N-dealkylation sites (tertiary alicyclic amines) is 1. The molecule has 1 rings (SSSR count). The van der Waals surface area contributed by atoms with Gasteiger partial charge in [0.15, 0.2) is 0 Å². The maximum atomic E-state index is 2.50. The molecule has 68 valence electrons. The molecule has 1 heterocycles. The van der Waals surface area contributed by atoms with Gasteiger partial charge in [-0.15, -0.1) is 0 Å². The van der Waals surface area contributed by atoms with Gasteiger partial charge in [0.25, 0.3) is 0 Å². The molecule has 3 heteroatoms. The Bertz CT molecular complexity index is 106. The van der Waals surface area contributed by atoms with Crippen LogP contribution in [0.1, 0.15) is 13.3 Å². The van der Waals surface area contributed by atoms with Crippen LogP contribution in [0.2, 0.25) is 0 Å². The van der Waals surface area contributed by atoms with Crippen molar-refractivity contribution in [3.8, 4) is 0 Å². The van der Waals surface area contributed by atoms with Crippen LogP contribution in [0.4, 0.5) is 4.70 Å². The lowest BCUT2D eigenvalue weighted by atomic mass is 10.2. The molecule has 1 saturated heterocycles. The van der Waals surface area contributed by atoms with Crippen molar-refractivity contribution < 1.29 is 4.70 Å². The van der Waals surface area contributed by atoms with E-state index in [-0.39, 0.29) is 4.70 Å². The summed E-state index contributed by atoms with van der Waals surface area (Å²) in [6.07, 6.45) is 1.35. The summed E-state index contributed by atoms with van der Waals surface area (Å²) in [5.74, 6) is 0. The minimum Gasteiger partial charge on any atom is -0.305 e. The van der Waals surface area contributed by atoms with E-state index in [0.29, 0.717) is 0 Å². The van der Waals surface area contributed by atoms with E-state index in [2.05, 4.69) is 30.8 Å². The van der Waals surface area contributed by atoms with E-state index in [4.69, 9.17) is 0 Å². The van der Waals surface area contributed by atoms with Gasteiger partial charge in [-0.1, -0.05) is 6.92 Å². The van der Waals surface area contributed by atoms with Crippen LogP contribution >= 0.6 is 0 Å². The highest BCUT2D eigenvalue weighted by molar-refractivity contribution is 4.79. The molecule has 0 aliphatic carbocycles. The SMILES string of the molecule is CCN1CC[C@H](N(C)C)C1.F. The largest absolute Gasteiger partial charge is 0.305 e. The molecule has 0 radical (unpaired) electrons. The second-order valence-electron chi connectivity index (χ2n) is 3.30. The van der Waals surface area contributed by atoms with Gasteiger partial charge in [0.05, 0.1) is 0 Å². The third-order valence-corrected chi connectivity index (χ3v) is 2.43. The van der Waals surface area contributed by atoms with Gasteiger partial charge in [-0.3, -0.25) is 4.70 Å². The number of halogens is 1. The smallest absolute Gasteiger partial charge is 0.0229 e. The summed E-state index contributed by atoms with van der Waals surface area (Å²) in [6, 6.07) is 0.806. The van der Waals surface area contributed by atoms with Gasteiger partial charge in [-0.05, 0) is 33.6 Å². The molecule has 2 nitrogen and oxygen atoms in total. The van der Waals surface area contributed by atoms with Gasteiger partial charge in [0, 0.05) is 12.6 Å². The molecule has 1 aliphatic rings. The number of hydrogen-bond acceptors (Lipinski definition) is 2. The quantitative estimate of drug-likeness (QED) is 0.592. The van der Waals surface area contributed by atoms with E-state index in [0.717, 1.165) is 6.04 Å². The van der Waals surface area contributed by atoms with Crippen molar-refractivity contribution in [1.82, 2.24) is 9.80 Å². The average Bonchev–Trinajstić information content (AvgIpc) is 2.34. The predicted molar refractivity (Wildman–Crippen MR) is 46.7 cm³/mol. The summed E-state index contributed by atoms with van der Waals surface area (Å²) in [5.41, 5.74) is 0. The Labute approximate surface area is 68.5 Å². The Hall–Kier alpha value is -0.150. The topological polar surface area (TPSA) is 6.48 Å². The minimum atomic E-state index is 0. The van der Waals surface area contributed by atoms with E-state index in [1.165, 1.54) is 26.1 Å². The highest BCUT2D eigenvalue weighted by Crippen LogP contribution is 2.11. The summed E-state index contributed by atoms with van der Waals surface area (Å²) in [4.78, 5) is 4.83. The molecule has 0 N–H and O–H groups in total. The molecular weight excluding hydrogens is 143 g/mol. The molecule has 1 atom stereocenters. The van der Waals surface area contributed by atoms with Crippen molar-refractivity contribution in [1.29, 1.82) is 0 Å². The summed E-state index contributed by atoms with van der Waals surface area (Å²) in [6.45, 7) is 6.01. The van der Waals surface area contributed by atoms with Crippen molar-refractivity contribution in [2.75, 3.05) is 33.7 Å². The van der Waals surface area contributed by atoms with Crippen molar-refractivity contribution in [3.05, 3.63) is 0 Å². The van der Waals surface area contributed by atoms with Crippen LogP contribution in [-0.4, -0.2) is 49.6 Å². The first-order chi connectivity index (χ1) is 4.74. The Morgan fingerprint density at radius 1 is 1.45 bits per heavy atom. The zero-order chi connectivity index (χ0) is 7.56. The first-order valence-corrected chi connectivity index (χ1v) is 4.12. The number of nitrogens with zero attached hydrogens (tertiary/aromatic N) is 2. The van der Waals surface area contributed by atoms with E-state index in [1.54, 1.807) is 0 Å². The zero-order valence-corrected chi connectivity index (χ0v) is 7.71. The summed E-state index contributed by atoms with van der Waals surface area (Å²) in [5, 5.41) is 0. The summed E-state index contributed by atoms with van der Waals surface area (Å²) < 4.78 is 0. The van der Waals surface area contributed by atoms with Crippen molar-refractivity contribution in [2.45, 2.75) is 19.4 Å². The predicted octanol–water partition coefficient (Wildman–Crippen LogP) is 0.795. The Morgan fingerprint density at radius 2 is 2.09 bits per heavy atom. The molecule has 0 amide bonds. The van der Waals surface area contributed by atoms with Crippen LogP contribution < -0.4 is 0 Å². The summed E-state index contributed by atoms with van der Waals surface area (Å²) >= 11 is 0. The molecule has 0 aromatic carbocycles. The first-order valence-electron chi connectivity index (χ1n) is 4.12. The molecule has 1 fully saturated rings. The molecule has 1 aliphatic heterocycles. The van der Waals surface area contributed by atoms with E-state index in [9.17, 15) is 0 Å². The Morgan fingerprint density at radius 3 is 2.36 bits per heavy atom. The fraction of sp³-hybridized carbons (Fsp3) is 1.00. The van der Waals surface area contributed by atoms with Crippen LogP contribution in [0.25, 0.3) is 0 Å². The van der Waals surface area contributed by atoms with Crippen molar-refractivity contribution in [3.63, 3.8) is 0 Å². The monoisotopic (exact) mass is 162 g/mol. The molecule has 0 bridgehead atoms. The second kappa shape index (κ2) is 4.67. The molecule has 0 unspecified atom stereocenters. The van der Waals surface area contributed by atoms with E-state index >= 15 is 0 Å². The summed E-state index contributed by atoms with van der Waals surface area (Å²) in [7, 11) is 4.34. The van der Waals surface area contributed by atoms with Gasteiger partial charge in [-0.2, -0.15) is 0 Å². The molecule has 0 aromatic rings. The third kappa shape index (κ3) is 2.75. The van der Waals surface area contributed by atoms with E-state index < -0.39 is 0 Å². The van der Waals surface area contributed by atoms with Gasteiger partial charge in [-0.25, -0.2) is 0 Å². The van der Waals surface area contributed by atoms with Gasteiger partial charge >= 0.3 is 0 Å². The van der Waals surface area contributed by atoms with Crippen molar-refractivity contribution >= 4 is 0 Å². The van der Waals surface area contributed by atoms with Crippen LogP contribution in [0.15, 0.2) is 0 Å². The lowest BCUT2D eigenvalue weighted by Gasteiger charge is -2.19. The highest BCUT2D eigenvalue weighted by Gasteiger charge is 2.21. The van der Waals surface area contributed by atoms with Crippen LogP contribution in [0.5, 0.6) is 0 Å². The van der Waals surface area contributed by atoms with Crippen LogP contribution in [-0.2, 0) is 0 Å². The highest BCUT2D eigenvalue weighted by atomic mass is 19.0. The standard InChI is InChI=1S/C8H18N2.FH/c1-4-10-6-5-8(7-10)9(2)3;/h8H,4-7H2,1-3H3;1H/t8-;/m0./s1. The van der Waals surface area contributed by atoms with Gasteiger partial charge in [0.1, 0.15) is 0 Å². The fourth-order valence-corrected chi connectivity index (χ4v) is 1.52. The first kappa shape index (κ1) is 10.8. The average molecular weight is 162 g/mol. The maximum Gasteiger partial charge on any atom is 0.0229 e. The lowest BCUT2D eigenvalue weighted by Crippen LogP contribution is -2.31. The maximum absolute atomic E-state index is 2.50. The zero-order valence-electron chi connectivity index (χ0n) is 7.71. The molecule has 11 heavy (non-hydrogen) atoms.